The zero-order chi connectivity index (χ0) is 64.9. The summed E-state index contributed by atoms with van der Waals surface area (Å²) >= 11 is 15.5. The molecule has 0 saturated heterocycles. The second kappa shape index (κ2) is 25.8. The minimum atomic E-state index is -0.157. The molecule has 5 aromatic carbocycles. The number of benzene rings is 5. The summed E-state index contributed by atoms with van der Waals surface area (Å²) in [6.07, 6.45) is 16.3. The predicted octanol–water partition coefficient (Wildman–Crippen LogP) is 22.0. The molecule has 18 heteroatoms. The first kappa shape index (κ1) is 63.2. The molecule has 0 unspecified atom stereocenters. The van der Waals surface area contributed by atoms with Gasteiger partial charge in [-0.1, -0.05) is 200 Å². The summed E-state index contributed by atoms with van der Waals surface area (Å²) in [7, 11) is 2.35. The molecule has 0 fully saturated rings. The van der Waals surface area contributed by atoms with E-state index in [1.165, 1.54) is 169 Å². The Morgan fingerprint density at radius 2 is 0.760 bits per heavy atom. The van der Waals surface area contributed by atoms with Crippen molar-refractivity contribution in [1.29, 1.82) is 0 Å². The molecule has 0 saturated carbocycles. The van der Waals surface area contributed by atoms with Gasteiger partial charge in [0.15, 0.2) is 0 Å². The van der Waals surface area contributed by atoms with Gasteiger partial charge in [0.2, 0.25) is 7.28 Å². The van der Waals surface area contributed by atoms with E-state index in [2.05, 4.69) is 168 Å². The lowest BCUT2D eigenvalue weighted by atomic mass is 9.67. The van der Waals surface area contributed by atoms with Crippen molar-refractivity contribution >= 4 is 154 Å². The van der Waals surface area contributed by atoms with Crippen LogP contribution in [0.5, 0.6) is 0 Å². The maximum atomic E-state index is 9.60. The number of aliphatic hydroxyl groups is 2. The largest absolute Gasteiger partial charge is 0.396 e. The SMILES string of the molecule is CC1(C)c2cc(-c3ccccc3)sc2-c2sc(-c3ccc(Cc4cc5c(s4)-c4sc(-c6ccc([B]c7cc8c(s7)-c7sc(-c9ccc(-c%10ccccc%10)c%10nsnc9%10)cc7C8(C)C)c7nsnc67)cc4C5(CCCCCCCCO)CCCCCCCCO)c4nsnc34)cc21. The molecule has 0 aliphatic heterocycles. The van der Waals surface area contributed by atoms with E-state index < -0.39 is 0 Å². The number of hydrogen-bond acceptors (Lipinski definition) is 17. The predicted molar refractivity (Wildman–Crippen MR) is 415 cm³/mol. The van der Waals surface area contributed by atoms with Gasteiger partial charge in [-0.3, -0.25) is 0 Å². The molecule has 0 amide bonds. The van der Waals surface area contributed by atoms with Gasteiger partial charge in [0.25, 0.3) is 0 Å². The Bertz CT molecular complexity index is 5210. The van der Waals surface area contributed by atoms with Crippen LogP contribution in [0.15, 0.2) is 133 Å². The molecular weight excluding hydrogens is 1350 g/mol. The maximum Gasteiger partial charge on any atom is 0.208 e. The Kier molecular flexibility index (Phi) is 17.0. The second-order valence-corrected chi connectivity index (χ2v) is 35.4. The summed E-state index contributed by atoms with van der Waals surface area (Å²) in [6.45, 7) is 10.1. The monoisotopic (exact) mass is 1420 g/mol. The molecule has 96 heavy (non-hydrogen) atoms. The van der Waals surface area contributed by atoms with Crippen molar-refractivity contribution in [1.82, 2.24) is 26.2 Å². The molecule has 0 bridgehead atoms. The Morgan fingerprint density at radius 3 is 1.35 bits per heavy atom. The van der Waals surface area contributed by atoms with E-state index in [-0.39, 0.29) is 29.5 Å². The van der Waals surface area contributed by atoms with Gasteiger partial charge in [-0.25, -0.2) is 0 Å². The lowest BCUT2D eigenvalue weighted by Gasteiger charge is -2.31. The van der Waals surface area contributed by atoms with E-state index in [4.69, 9.17) is 26.2 Å². The quantitative estimate of drug-likeness (QED) is 0.0429. The third-order valence-corrected chi connectivity index (χ3v) is 29.8. The Morgan fingerprint density at radius 1 is 0.354 bits per heavy atom. The van der Waals surface area contributed by atoms with Crippen LogP contribution in [0.2, 0.25) is 0 Å². The van der Waals surface area contributed by atoms with Crippen molar-refractivity contribution in [2.24, 2.45) is 0 Å². The van der Waals surface area contributed by atoms with Crippen molar-refractivity contribution in [3.05, 3.63) is 177 Å². The number of fused-ring (bicyclic) bond motifs is 12. The van der Waals surface area contributed by atoms with E-state index in [0.717, 1.165) is 131 Å². The second-order valence-electron chi connectivity index (χ2n) is 27.4. The molecule has 0 spiro atoms. The highest BCUT2D eigenvalue weighted by atomic mass is 32.1. The number of rotatable bonds is 25. The lowest BCUT2D eigenvalue weighted by Crippen LogP contribution is -2.26. The normalized spacial score (nSPS) is 14.5. The number of unbranched alkanes of at least 4 members (excludes halogenated alkanes) is 10. The topological polar surface area (TPSA) is 118 Å². The molecule has 2 N–H and O–H groups in total. The molecule has 17 rings (SSSR count). The molecule has 9 aromatic heterocycles. The molecule has 3 aliphatic rings. The standard InChI is InChI=1S/C78H70BN6O2S9/c1-76(2)52-39-59(45-25-17-14-18-26-45)89-70(52)71-53(76)40-60(90-71)49-28-27-46(64-66(49)82-94-80-64)37-47-38-56-74(88-47)75-57(78(56,33-19-9-5-7-11-21-35-86)34-20-10-6-8-12-22-36-87)42-62(92-75)51-31-32-58(69-68(51)84-96-85-69)79-63-43-55-73(93-63)72-54(77(55,3)4)41-61(91-72)50-30-29-48(44-23-15-13-16-24-44)65-67(50)83-95-81-65/h13-18,23-32,38-43,86-87H,5-12,19-22,33-37H2,1-4H3. The van der Waals surface area contributed by atoms with Crippen LogP contribution in [0, 0.1) is 0 Å². The average Bonchev–Trinajstić information content (AvgIpc) is 1.57. The van der Waals surface area contributed by atoms with Gasteiger partial charge < -0.3 is 10.2 Å². The summed E-state index contributed by atoms with van der Waals surface area (Å²) < 4.78 is 31.3. The molecular formula is C78H70BN6O2S9. The Balaban J connectivity index is 0.687. The van der Waals surface area contributed by atoms with E-state index in [1.54, 1.807) is 0 Å². The van der Waals surface area contributed by atoms with Crippen LogP contribution in [0.4, 0.5) is 0 Å². The van der Waals surface area contributed by atoms with Crippen LogP contribution in [0.1, 0.15) is 161 Å². The molecule has 14 aromatic rings. The Hall–Kier alpha value is -6.26. The van der Waals surface area contributed by atoms with Crippen molar-refractivity contribution < 1.29 is 10.2 Å². The highest BCUT2D eigenvalue weighted by Crippen LogP contribution is 2.63. The fourth-order valence-corrected chi connectivity index (χ4v) is 25.7. The van der Waals surface area contributed by atoms with Crippen LogP contribution in [-0.2, 0) is 22.7 Å². The molecule has 8 nitrogen and oxygen atoms in total. The molecule has 0 atom stereocenters. The highest BCUT2D eigenvalue weighted by molar-refractivity contribution is 7.29. The van der Waals surface area contributed by atoms with Crippen LogP contribution in [0.3, 0.4) is 0 Å². The third kappa shape index (κ3) is 10.8. The fraction of sp³-hybridized carbons (Fsp3) is 0.308. The third-order valence-electron chi connectivity index (χ3n) is 20.8. The smallest absolute Gasteiger partial charge is 0.208 e. The maximum absolute atomic E-state index is 9.60. The first-order valence-electron chi connectivity index (χ1n) is 33.8. The zero-order valence-corrected chi connectivity index (χ0v) is 61.4. The van der Waals surface area contributed by atoms with Crippen molar-refractivity contribution in [3.63, 3.8) is 0 Å². The fourth-order valence-electron chi connectivity index (χ4n) is 15.6. The summed E-state index contributed by atoms with van der Waals surface area (Å²) in [4.78, 5) is 14.8. The molecule has 1 radical (unpaired) electrons. The van der Waals surface area contributed by atoms with Gasteiger partial charge in [0.1, 0.15) is 27.6 Å². The van der Waals surface area contributed by atoms with Gasteiger partial charge in [0.05, 0.1) is 40.7 Å². The summed E-state index contributed by atoms with van der Waals surface area (Å²) in [5.41, 5.74) is 23.5. The van der Waals surface area contributed by atoms with Gasteiger partial charge in [0, 0.05) is 112 Å². The van der Waals surface area contributed by atoms with Crippen LogP contribution >= 0.6 is 103 Å². The van der Waals surface area contributed by atoms with Crippen LogP contribution in [-0.4, -0.2) is 56.9 Å². The van der Waals surface area contributed by atoms with Crippen molar-refractivity contribution in [2.45, 2.75) is 140 Å². The number of nitrogens with zero attached hydrogens (tertiary/aromatic N) is 6. The van der Waals surface area contributed by atoms with Crippen LogP contribution in [0.25, 0.3) is 115 Å². The number of aromatic nitrogens is 6. The minimum absolute atomic E-state index is 0.0884. The van der Waals surface area contributed by atoms with Gasteiger partial charge >= 0.3 is 0 Å². The average molecular weight is 1420 g/mol. The summed E-state index contributed by atoms with van der Waals surface area (Å²) in [5.74, 6) is 0. The first-order chi connectivity index (χ1) is 47.0. The van der Waals surface area contributed by atoms with Gasteiger partial charge in [-0.15, -0.1) is 68.0 Å². The van der Waals surface area contributed by atoms with Gasteiger partial charge in [-0.2, -0.15) is 26.2 Å². The molecule has 3 aliphatic carbocycles. The van der Waals surface area contributed by atoms with Crippen molar-refractivity contribution in [2.75, 3.05) is 13.2 Å². The minimum Gasteiger partial charge on any atom is -0.396 e. The van der Waals surface area contributed by atoms with Gasteiger partial charge in [-0.05, 0) is 111 Å². The summed E-state index contributed by atoms with van der Waals surface area (Å²) in [6, 6.07) is 50.0. The first-order valence-corrected chi connectivity index (χ1v) is 40.9. The molecule has 481 valence electrons. The van der Waals surface area contributed by atoms with E-state index in [9.17, 15) is 10.2 Å². The number of hydrogen-bond donors (Lipinski definition) is 2. The molecule has 9 heterocycles. The summed E-state index contributed by atoms with van der Waals surface area (Å²) in [5, 5.41) is 19.2. The number of aliphatic hydroxyl groups excluding tert-OH is 2. The Labute approximate surface area is 597 Å². The lowest BCUT2D eigenvalue weighted by molar-refractivity contribution is 0.282. The highest BCUT2D eigenvalue weighted by Gasteiger charge is 2.46. The van der Waals surface area contributed by atoms with E-state index in [0.29, 0.717) is 0 Å². The van der Waals surface area contributed by atoms with E-state index >= 15 is 0 Å². The van der Waals surface area contributed by atoms with Crippen LogP contribution < -0.4 is 10.2 Å². The zero-order valence-electron chi connectivity index (χ0n) is 54.1. The van der Waals surface area contributed by atoms with E-state index in [1.807, 2.05) is 68.0 Å². The van der Waals surface area contributed by atoms with Crippen molar-refractivity contribution in [3.8, 4) is 82.2 Å². The number of thiophene rings is 6.